The normalized spacial score (nSPS) is 11.4. The maximum atomic E-state index is 12.6. The van der Waals surface area contributed by atoms with Crippen LogP contribution in [0.2, 0.25) is 0 Å². The van der Waals surface area contributed by atoms with Crippen LogP contribution in [0.25, 0.3) is 0 Å². The third-order valence-electron chi connectivity index (χ3n) is 4.71. The average molecular weight is 445 g/mol. The van der Waals surface area contributed by atoms with E-state index in [0.29, 0.717) is 11.3 Å². The zero-order valence-electron chi connectivity index (χ0n) is 18.0. The summed E-state index contributed by atoms with van der Waals surface area (Å²) in [6.45, 7) is 4.57. The zero-order valence-corrected chi connectivity index (χ0v) is 18.0. The van der Waals surface area contributed by atoms with Crippen LogP contribution in [-0.2, 0) is 14.3 Å². The molecule has 2 aromatic rings. The number of ether oxygens (including phenoxy) is 2. The number of non-ortho nitro benzene ring substituents is 1. The first-order valence-corrected chi connectivity index (χ1v) is 9.60. The van der Waals surface area contributed by atoms with Crippen LogP contribution in [0.3, 0.4) is 0 Å². The number of esters is 2. The average Bonchev–Trinajstić information content (AvgIpc) is 3.06. The molecule has 0 aliphatic heterocycles. The molecule has 0 aliphatic carbocycles. The van der Waals surface area contributed by atoms with Gasteiger partial charge in [-0.15, -0.1) is 0 Å². The Balaban J connectivity index is 1.89. The van der Waals surface area contributed by atoms with Crippen molar-refractivity contribution < 1.29 is 33.6 Å². The number of amides is 1. The summed E-state index contributed by atoms with van der Waals surface area (Å²) in [5.74, 6) is -2.30. The second-order valence-corrected chi connectivity index (χ2v) is 6.92. The molecular weight excluding hydrogens is 422 g/mol. The van der Waals surface area contributed by atoms with Gasteiger partial charge in [-0.2, -0.15) is 0 Å². The number of benzene rings is 1. The summed E-state index contributed by atoms with van der Waals surface area (Å²) in [6, 6.07) is 5.00. The van der Waals surface area contributed by atoms with E-state index in [2.05, 4.69) is 10.3 Å². The summed E-state index contributed by atoms with van der Waals surface area (Å²) in [4.78, 5) is 61.5. The van der Waals surface area contributed by atoms with Gasteiger partial charge in [0, 0.05) is 29.9 Å². The molecule has 11 nitrogen and oxygen atoms in total. The summed E-state index contributed by atoms with van der Waals surface area (Å²) in [6.07, 6.45) is -1.30. The molecule has 0 radical (unpaired) electrons. The largest absolute Gasteiger partial charge is 0.465 e. The number of rotatable bonds is 9. The van der Waals surface area contributed by atoms with Gasteiger partial charge >= 0.3 is 11.9 Å². The van der Waals surface area contributed by atoms with Crippen molar-refractivity contribution >= 4 is 29.3 Å². The summed E-state index contributed by atoms with van der Waals surface area (Å²) in [7, 11) is 1.24. The minimum atomic E-state index is -1.12. The molecule has 170 valence electrons. The zero-order chi connectivity index (χ0) is 24.0. The fourth-order valence-corrected chi connectivity index (χ4v) is 3.03. The SMILES string of the molecule is COC(=O)c1c(C)[nH]c(C(=O)[C@@H](C)OC(=O)CCNC(=O)c2ccc([N+](=O)[O-])cc2)c1C. The van der Waals surface area contributed by atoms with Crippen molar-refractivity contribution in [2.45, 2.75) is 33.3 Å². The smallest absolute Gasteiger partial charge is 0.339 e. The molecule has 0 bridgehead atoms. The number of aryl methyl sites for hydroxylation is 1. The topological polar surface area (TPSA) is 158 Å². The number of methoxy groups -OCH3 is 1. The highest BCUT2D eigenvalue weighted by atomic mass is 16.6. The summed E-state index contributed by atoms with van der Waals surface area (Å²) in [5, 5.41) is 13.1. The van der Waals surface area contributed by atoms with Gasteiger partial charge in [-0.1, -0.05) is 0 Å². The van der Waals surface area contributed by atoms with Crippen molar-refractivity contribution in [1.82, 2.24) is 10.3 Å². The molecule has 1 heterocycles. The predicted molar refractivity (Wildman–Crippen MR) is 112 cm³/mol. The third-order valence-corrected chi connectivity index (χ3v) is 4.71. The number of carbonyl (C=O) groups excluding carboxylic acids is 4. The Bertz CT molecular complexity index is 1060. The van der Waals surface area contributed by atoms with Crippen molar-refractivity contribution in [3.05, 3.63) is 62.5 Å². The van der Waals surface area contributed by atoms with Gasteiger partial charge in [-0.05, 0) is 38.5 Å². The lowest BCUT2D eigenvalue weighted by molar-refractivity contribution is -0.384. The van der Waals surface area contributed by atoms with Gasteiger partial charge in [0.05, 0.1) is 29.7 Å². The molecule has 1 atom stereocenters. The van der Waals surface area contributed by atoms with Crippen LogP contribution in [0.1, 0.15) is 55.8 Å². The van der Waals surface area contributed by atoms with Gasteiger partial charge < -0.3 is 19.8 Å². The minimum Gasteiger partial charge on any atom is -0.465 e. The van der Waals surface area contributed by atoms with Gasteiger partial charge in [-0.25, -0.2) is 4.79 Å². The Morgan fingerprint density at radius 3 is 2.34 bits per heavy atom. The number of ketones is 1. The van der Waals surface area contributed by atoms with E-state index in [-0.39, 0.29) is 35.5 Å². The van der Waals surface area contributed by atoms with Crippen LogP contribution in [0.15, 0.2) is 24.3 Å². The van der Waals surface area contributed by atoms with Crippen LogP contribution in [-0.4, -0.2) is 53.3 Å². The number of aromatic nitrogens is 1. The van der Waals surface area contributed by atoms with Gasteiger partial charge in [0.2, 0.25) is 5.78 Å². The van der Waals surface area contributed by atoms with Crippen molar-refractivity contribution in [2.24, 2.45) is 0 Å². The third kappa shape index (κ3) is 5.56. The van der Waals surface area contributed by atoms with Crippen LogP contribution in [0.5, 0.6) is 0 Å². The molecule has 0 spiro atoms. The van der Waals surface area contributed by atoms with Crippen LogP contribution in [0, 0.1) is 24.0 Å². The molecule has 2 rings (SSSR count). The van der Waals surface area contributed by atoms with Gasteiger partial charge in [0.1, 0.15) is 0 Å². The van der Waals surface area contributed by atoms with Crippen molar-refractivity contribution in [2.75, 3.05) is 13.7 Å². The van der Waals surface area contributed by atoms with Crippen LogP contribution < -0.4 is 5.32 Å². The van der Waals surface area contributed by atoms with E-state index in [9.17, 15) is 29.3 Å². The molecule has 0 aliphatic rings. The Kier molecular flexibility index (Phi) is 7.83. The van der Waals surface area contributed by atoms with E-state index in [0.717, 1.165) is 0 Å². The molecule has 11 heteroatoms. The Hall–Kier alpha value is -4.02. The van der Waals surface area contributed by atoms with Crippen LogP contribution in [0.4, 0.5) is 5.69 Å². The lowest BCUT2D eigenvalue weighted by atomic mass is 10.1. The number of nitrogens with one attached hydrogen (secondary N) is 2. The van der Waals surface area contributed by atoms with E-state index >= 15 is 0 Å². The number of hydrogen-bond acceptors (Lipinski definition) is 8. The van der Waals surface area contributed by atoms with E-state index in [4.69, 9.17) is 9.47 Å². The molecule has 1 amide bonds. The molecule has 32 heavy (non-hydrogen) atoms. The fourth-order valence-electron chi connectivity index (χ4n) is 3.03. The number of H-pyrrole nitrogens is 1. The maximum Gasteiger partial charge on any atom is 0.339 e. The Morgan fingerprint density at radius 1 is 1.16 bits per heavy atom. The standard InChI is InChI=1S/C21H23N3O8/c1-11-17(21(28)31-4)12(2)23-18(11)19(26)13(3)32-16(25)9-10-22-20(27)14-5-7-15(8-6-14)24(29)30/h5-8,13,23H,9-10H2,1-4H3,(H,22,27)/t13-/m1/s1. The number of hydrogen-bond donors (Lipinski definition) is 2. The molecule has 1 aromatic carbocycles. The maximum absolute atomic E-state index is 12.6. The van der Waals surface area contributed by atoms with E-state index in [1.165, 1.54) is 38.3 Å². The van der Waals surface area contributed by atoms with E-state index in [1.54, 1.807) is 13.8 Å². The first-order chi connectivity index (χ1) is 15.1. The highest BCUT2D eigenvalue weighted by Gasteiger charge is 2.27. The Labute approximate surface area is 183 Å². The van der Waals surface area contributed by atoms with Crippen molar-refractivity contribution in [3.8, 4) is 0 Å². The molecule has 0 fully saturated rings. The first kappa shape index (κ1) is 24.3. The number of carbonyl (C=O) groups is 4. The highest BCUT2D eigenvalue weighted by molar-refractivity contribution is 6.04. The molecule has 0 unspecified atom stereocenters. The number of nitro benzene ring substituents is 1. The molecular formula is C21H23N3O8. The van der Waals surface area contributed by atoms with E-state index in [1.807, 2.05) is 0 Å². The number of Topliss-reactive ketones (excluding diaryl/α,β-unsaturated/α-hetero) is 1. The number of nitro groups is 1. The quantitative estimate of drug-likeness (QED) is 0.257. The Morgan fingerprint density at radius 2 is 1.78 bits per heavy atom. The predicted octanol–water partition coefficient (Wildman–Crippen LogP) is 2.26. The van der Waals surface area contributed by atoms with Crippen molar-refractivity contribution in [3.63, 3.8) is 0 Å². The molecule has 0 saturated heterocycles. The first-order valence-electron chi connectivity index (χ1n) is 9.60. The van der Waals surface area contributed by atoms with Crippen molar-refractivity contribution in [1.29, 1.82) is 0 Å². The van der Waals surface area contributed by atoms with Crippen LogP contribution >= 0.6 is 0 Å². The summed E-state index contributed by atoms with van der Waals surface area (Å²) in [5.41, 5.74) is 1.32. The monoisotopic (exact) mass is 445 g/mol. The molecule has 2 N–H and O–H groups in total. The lowest BCUT2D eigenvalue weighted by Gasteiger charge is -2.12. The van der Waals surface area contributed by atoms with E-state index < -0.39 is 34.7 Å². The second-order valence-electron chi connectivity index (χ2n) is 6.92. The van der Waals surface area contributed by atoms with Gasteiger partial charge in [0.15, 0.2) is 6.10 Å². The lowest BCUT2D eigenvalue weighted by Crippen LogP contribution is -2.29. The molecule has 1 aromatic heterocycles. The molecule has 0 saturated carbocycles. The minimum absolute atomic E-state index is 0.0529. The van der Waals surface area contributed by atoms with Gasteiger partial charge in [-0.3, -0.25) is 24.5 Å². The summed E-state index contributed by atoms with van der Waals surface area (Å²) >= 11 is 0. The van der Waals surface area contributed by atoms with Gasteiger partial charge in [0.25, 0.3) is 11.6 Å². The highest BCUT2D eigenvalue weighted by Crippen LogP contribution is 2.21. The number of nitrogens with zero attached hydrogens (tertiary/aromatic N) is 1. The second kappa shape index (κ2) is 10.3. The number of aromatic amines is 1. The fraction of sp³-hybridized carbons (Fsp3) is 0.333. The summed E-state index contributed by atoms with van der Waals surface area (Å²) < 4.78 is 9.84.